The molecule has 1 atom stereocenters. The van der Waals surface area contributed by atoms with Crippen LogP contribution in [0.3, 0.4) is 0 Å². The Morgan fingerprint density at radius 3 is 2.40 bits per heavy atom. The minimum absolute atomic E-state index is 0.0492. The van der Waals surface area contributed by atoms with Gasteiger partial charge in [0.25, 0.3) is 0 Å². The average Bonchev–Trinajstić information content (AvgIpc) is 2.36. The molecule has 1 aliphatic carbocycles. The molecule has 0 saturated heterocycles. The molecule has 1 fully saturated rings. The van der Waals surface area contributed by atoms with E-state index in [9.17, 15) is 4.79 Å². The van der Waals surface area contributed by atoms with Crippen molar-refractivity contribution < 1.29 is 4.79 Å². The highest BCUT2D eigenvalue weighted by Crippen LogP contribution is 2.31. The zero-order valence-electron chi connectivity index (χ0n) is 6.30. The second-order valence-corrected chi connectivity index (χ2v) is 3.55. The van der Waals surface area contributed by atoms with Gasteiger partial charge in [0.1, 0.15) is 0 Å². The van der Waals surface area contributed by atoms with E-state index in [1.54, 1.807) is 0 Å². The molecule has 0 spiro atoms. The summed E-state index contributed by atoms with van der Waals surface area (Å²) in [6.45, 7) is 1.96. The molecule has 1 nitrogen and oxygen atoms in total. The van der Waals surface area contributed by atoms with Crippen LogP contribution in [0.5, 0.6) is 0 Å². The average molecular weight is 157 g/mol. The lowest BCUT2D eigenvalue weighted by atomic mass is 9.94. The Morgan fingerprint density at radius 2 is 2.00 bits per heavy atom. The van der Waals surface area contributed by atoms with Crippen LogP contribution in [0.15, 0.2) is 0 Å². The smallest absolute Gasteiger partial charge is 0.0150 e. The minimum atomic E-state index is -0.0492. The van der Waals surface area contributed by atoms with Gasteiger partial charge in [-0.3, -0.25) is 0 Å². The maximum atomic E-state index is 10.7. The van der Waals surface area contributed by atoms with Crippen LogP contribution in [0, 0.1) is 11.8 Å². The lowest BCUT2D eigenvalue weighted by Gasteiger charge is -2.20. The zero-order chi connectivity index (χ0) is 7.56. The highest BCUT2D eigenvalue weighted by atomic mass is 32.1. The Hall–Kier alpha value is -0.110. The number of carbonyl (C=O) groups excluding carboxylic acids is 1. The van der Waals surface area contributed by atoms with Crippen LogP contribution in [0.25, 0.3) is 0 Å². The van der Waals surface area contributed by atoms with Crippen LogP contribution < -0.4 is 0 Å². The largest absolute Gasteiger partial charge is 0.742 e. The molecule has 1 aliphatic rings. The van der Waals surface area contributed by atoms with E-state index in [-0.39, 0.29) is 11.0 Å². The van der Waals surface area contributed by atoms with E-state index in [0.717, 1.165) is 0 Å². The van der Waals surface area contributed by atoms with E-state index in [1.807, 2.05) is 6.92 Å². The molecule has 1 unspecified atom stereocenters. The van der Waals surface area contributed by atoms with Gasteiger partial charge >= 0.3 is 0 Å². The van der Waals surface area contributed by atoms with Crippen LogP contribution in [-0.4, -0.2) is 5.12 Å². The first-order valence-electron chi connectivity index (χ1n) is 3.92. The maximum absolute atomic E-state index is 10.7. The minimum Gasteiger partial charge on any atom is -0.742 e. The Morgan fingerprint density at radius 1 is 1.50 bits per heavy atom. The van der Waals surface area contributed by atoms with Gasteiger partial charge in [-0.05, 0) is 24.7 Å². The molecule has 1 rings (SSSR count). The Labute approximate surface area is 67.6 Å². The summed E-state index contributed by atoms with van der Waals surface area (Å²) in [5.41, 5.74) is 0. The molecule has 58 valence electrons. The molecule has 1 saturated carbocycles. The van der Waals surface area contributed by atoms with Crippen LogP contribution >= 0.6 is 0 Å². The molecule has 0 aromatic heterocycles. The van der Waals surface area contributed by atoms with E-state index >= 15 is 0 Å². The van der Waals surface area contributed by atoms with Crippen molar-refractivity contribution in [1.82, 2.24) is 0 Å². The van der Waals surface area contributed by atoms with Crippen molar-refractivity contribution in [3.63, 3.8) is 0 Å². The summed E-state index contributed by atoms with van der Waals surface area (Å²) in [7, 11) is 0. The van der Waals surface area contributed by atoms with Crippen LogP contribution in [0.1, 0.15) is 32.6 Å². The summed E-state index contributed by atoms with van der Waals surface area (Å²) in [5, 5.41) is -0.0492. The summed E-state index contributed by atoms with van der Waals surface area (Å²) < 4.78 is 0. The van der Waals surface area contributed by atoms with Crippen molar-refractivity contribution in [1.29, 1.82) is 0 Å². The lowest BCUT2D eigenvalue weighted by Crippen LogP contribution is -2.16. The zero-order valence-corrected chi connectivity index (χ0v) is 7.12. The molecule has 0 aliphatic heterocycles. The predicted octanol–water partition coefficient (Wildman–Crippen LogP) is 1.89. The molecule has 2 heteroatoms. The van der Waals surface area contributed by atoms with Crippen molar-refractivity contribution >= 4 is 17.7 Å². The van der Waals surface area contributed by atoms with Gasteiger partial charge in [-0.25, -0.2) is 0 Å². The normalized spacial score (nSPS) is 22.9. The molecular weight excluding hydrogens is 144 g/mol. The van der Waals surface area contributed by atoms with Gasteiger partial charge in [-0.15, -0.1) is 0 Å². The number of hydrogen-bond donors (Lipinski definition) is 0. The van der Waals surface area contributed by atoms with Crippen LogP contribution in [-0.2, 0) is 17.4 Å². The van der Waals surface area contributed by atoms with Crippen molar-refractivity contribution in [2.45, 2.75) is 32.6 Å². The molecular formula is C8H13OS-. The third-order valence-electron chi connectivity index (χ3n) is 2.48. The molecule has 0 radical (unpaired) electrons. The fourth-order valence-electron chi connectivity index (χ4n) is 1.65. The number of rotatable bonds is 2. The lowest BCUT2D eigenvalue weighted by molar-refractivity contribution is -0.115. The van der Waals surface area contributed by atoms with Gasteiger partial charge in [0, 0.05) is 5.12 Å². The second-order valence-electron chi connectivity index (χ2n) is 3.15. The second kappa shape index (κ2) is 3.33. The Balaban J connectivity index is 2.39. The highest BCUT2D eigenvalue weighted by Gasteiger charge is 2.21. The van der Waals surface area contributed by atoms with Crippen LogP contribution in [0.2, 0.25) is 0 Å². The SMILES string of the molecule is CC(C(=O)[S-])C1CCCC1. The molecule has 0 heterocycles. The van der Waals surface area contributed by atoms with Gasteiger partial charge in [-0.2, -0.15) is 0 Å². The monoisotopic (exact) mass is 157 g/mol. The molecule has 0 bridgehead atoms. The summed E-state index contributed by atoms with van der Waals surface area (Å²) in [6.07, 6.45) is 5.00. The maximum Gasteiger partial charge on any atom is 0.0150 e. The fraction of sp³-hybridized carbons (Fsp3) is 0.875. The van der Waals surface area contributed by atoms with E-state index in [4.69, 9.17) is 0 Å². The van der Waals surface area contributed by atoms with E-state index in [2.05, 4.69) is 12.6 Å². The number of hydrogen-bond acceptors (Lipinski definition) is 2. The van der Waals surface area contributed by atoms with Gasteiger partial charge in [0.05, 0.1) is 0 Å². The summed E-state index contributed by atoms with van der Waals surface area (Å²) in [6, 6.07) is 0. The van der Waals surface area contributed by atoms with Crippen molar-refractivity contribution in [3.8, 4) is 0 Å². The van der Waals surface area contributed by atoms with Crippen molar-refractivity contribution in [2.75, 3.05) is 0 Å². The van der Waals surface area contributed by atoms with Gasteiger partial charge < -0.3 is 17.4 Å². The van der Waals surface area contributed by atoms with Gasteiger partial charge in [0.15, 0.2) is 0 Å². The third kappa shape index (κ3) is 1.69. The van der Waals surface area contributed by atoms with Crippen molar-refractivity contribution in [2.24, 2.45) is 11.8 Å². The molecule has 0 amide bonds. The molecule has 0 N–H and O–H groups in total. The van der Waals surface area contributed by atoms with Gasteiger partial charge in [0.2, 0.25) is 0 Å². The number of carbonyl (C=O) groups is 1. The first-order chi connectivity index (χ1) is 4.72. The quantitative estimate of drug-likeness (QED) is 0.569. The van der Waals surface area contributed by atoms with Crippen molar-refractivity contribution in [3.05, 3.63) is 0 Å². The first-order valence-corrected chi connectivity index (χ1v) is 4.33. The topological polar surface area (TPSA) is 17.1 Å². The standard InChI is InChI=1S/C8H14OS/c1-6(8(9)10)7-4-2-3-5-7/h6-7H,2-5H2,1H3,(H,9,10)/p-1. The molecule has 0 aromatic rings. The Bertz CT molecular complexity index is 127. The van der Waals surface area contributed by atoms with E-state index in [1.165, 1.54) is 25.7 Å². The van der Waals surface area contributed by atoms with E-state index < -0.39 is 0 Å². The summed E-state index contributed by atoms with van der Waals surface area (Å²) in [4.78, 5) is 10.7. The Kier molecular flexibility index (Phi) is 2.66. The van der Waals surface area contributed by atoms with Crippen LogP contribution in [0.4, 0.5) is 0 Å². The summed E-state index contributed by atoms with van der Waals surface area (Å²) >= 11 is 4.60. The fourth-order valence-corrected chi connectivity index (χ4v) is 1.84. The third-order valence-corrected chi connectivity index (χ3v) is 2.85. The first kappa shape index (κ1) is 7.99. The molecule has 0 aromatic carbocycles. The highest BCUT2D eigenvalue weighted by molar-refractivity contribution is 7.77. The summed E-state index contributed by atoms with van der Waals surface area (Å²) in [5.74, 6) is 0.738. The molecule has 10 heavy (non-hydrogen) atoms. The predicted molar refractivity (Wildman–Crippen MR) is 43.5 cm³/mol. The van der Waals surface area contributed by atoms with E-state index in [0.29, 0.717) is 5.92 Å². The van der Waals surface area contributed by atoms with Gasteiger partial charge in [-0.1, -0.05) is 19.8 Å².